The third-order valence-corrected chi connectivity index (χ3v) is 4.81. The maximum Gasteiger partial charge on any atom is 0.251 e. The van der Waals surface area contributed by atoms with Gasteiger partial charge in [-0.25, -0.2) is 0 Å². The Hall–Kier alpha value is -1.23. The van der Waals surface area contributed by atoms with Crippen LogP contribution in [0, 0.1) is 5.92 Å². The Kier molecular flexibility index (Phi) is 4.15. The van der Waals surface area contributed by atoms with Crippen molar-refractivity contribution < 1.29 is 14.3 Å². The van der Waals surface area contributed by atoms with Gasteiger partial charge < -0.3 is 14.8 Å². The molecule has 0 aromatic heterocycles. The SMILES string of the molecule is O=C(NC1CCCC1CBr)c1ccc2c(c1)OCCO2. The number of rotatable bonds is 3. The lowest BCUT2D eigenvalue weighted by Crippen LogP contribution is -2.37. The van der Waals surface area contributed by atoms with E-state index < -0.39 is 0 Å². The molecule has 0 saturated heterocycles. The van der Waals surface area contributed by atoms with Gasteiger partial charge in [-0.1, -0.05) is 22.4 Å². The average molecular weight is 340 g/mol. The third-order valence-electron chi connectivity index (χ3n) is 3.98. The van der Waals surface area contributed by atoms with E-state index in [1.54, 1.807) is 18.2 Å². The van der Waals surface area contributed by atoms with Crippen molar-refractivity contribution in [2.24, 2.45) is 5.92 Å². The number of nitrogens with one attached hydrogen (secondary N) is 1. The van der Waals surface area contributed by atoms with E-state index in [4.69, 9.17) is 9.47 Å². The van der Waals surface area contributed by atoms with Crippen molar-refractivity contribution in [3.8, 4) is 11.5 Å². The molecule has 0 bridgehead atoms. The number of benzene rings is 1. The van der Waals surface area contributed by atoms with Gasteiger partial charge in [0.1, 0.15) is 13.2 Å². The maximum atomic E-state index is 12.3. The fraction of sp³-hybridized carbons (Fsp3) is 0.533. The molecular weight excluding hydrogens is 322 g/mol. The van der Waals surface area contributed by atoms with Crippen LogP contribution >= 0.6 is 15.9 Å². The number of carbonyl (C=O) groups is 1. The van der Waals surface area contributed by atoms with Gasteiger partial charge in [0.05, 0.1) is 0 Å². The minimum absolute atomic E-state index is 0.0279. The molecule has 2 atom stereocenters. The van der Waals surface area contributed by atoms with Gasteiger partial charge in [-0.15, -0.1) is 0 Å². The van der Waals surface area contributed by atoms with Crippen molar-refractivity contribution in [2.45, 2.75) is 25.3 Å². The van der Waals surface area contributed by atoms with Crippen molar-refractivity contribution >= 4 is 21.8 Å². The van der Waals surface area contributed by atoms with Crippen LogP contribution in [0.25, 0.3) is 0 Å². The monoisotopic (exact) mass is 339 g/mol. The second-order valence-corrected chi connectivity index (χ2v) is 5.93. The lowest BCUT2D eigenvalue weighted by Gasteiger charge is -2.21. The van der Waals surface area contributed by atoms with Crippen molar-refractivity contribution in [1.82, 2.24) is 5.32 Å². The van der Waals surface area contributed by atoms with Crippen LogP contribution in [-0.4, -0.2) is 30.5 Å². The van der Waals surface area contributed by atoms with Crippen LogP contribution in [-0.2, 0) is 0 Å². The molecule has 1 fully saturated rings. The van der Waals surface area contributed by atoms with E-state index in [2.05, 4.69) is 21.2 Å². The molecule has 4 nitrogen and oxygen atoms in total. The van der Waals surface area contributed by atoms with Gasteiger partial charge in [-0.2, -0.15) is 0 Å². The number of fused-ring (bicyclic) bond motifs is 1. The molecule has 108 valence electrons. The summed E-state index contributed by atoms with van der Waals surface area (Å²) in [7, 11) is 0. The molecule has 1 N–H and O–H groups in total. The molecule has 3 rings (SSSR count). The first kappa shape index (κ1) is 13.7. The van der Waals surface area contributed by atoms with Crippen LogP contribution in [0.2, 0.25) is 0 Å². The van der Waals surface area contributed by atoms with Crippen LogP contribution < -0.4 is 14.8 Å². The number of amides is 1. The first-order chi connectivity index (χ1) is 9.78. The molecular formula is C15H18BrNO3. The summed E-state index contributed by atoms with van der Waals surface area (Å²) in [5.41, 5.74) is 0.634. The average Bonchev–Trinajstić information content (AvgIpc) is 2.94. The fourth-order valence-corrected chi connectivity index (χ4v) is 3.62. The van der Waals surface area contributed by atoms with E-state index in [0.717, 1.165) is 11.8 Å². The van der Waals surface area contributed by atoms with Gasteiger partial charge in [0.15, 0.2) is 11.5 Å². The highest BCUT2D eigenvalue weighted by Gasteiger charge is 2.28. The van der Waals surface area contributed by atoms with Crippen LogP contribution in [0.15, 0.2) is 18.2 Å². The van der Waals surface area contributed by atoms with Gasteiger partial charge in [0, 0.05) is 16.9 Å². The highest BCUT2D eigenvalue weighted by Crippen LogP contribution is 2.31. The highest BCUT2D eigenvalue weighted by molar-refractivity contribution is 9.09. The number of halogens is 1. The third kappa shape index (κ3) is 2.77. The molecule has 2 aliphatic rings. The summed E-state index contributed by atoms with van der Waals surface area (Å²) in [6.45, 7) is 1.10. The summed E-state index contributed by atoms with van der Waals surface area (Å²) in [5.74, 6) is 1.88. The van der Waals surface area contributed by atoms with Gasteiger partial charge in [-0.05, 0) is 37.0 Å². The maximum absolute atomic E-state index is 12.3. The summed E-state index contributed by atoms with van der Waals surface area (Å²) in [6, 6.07) is 5.64. The van der Waals surface area contributed by atoms with Crippen LogP contribution in [0.4, 0.5) is 0 Å². The van der Waals surface area contributed by atoms with Crippen LogP contribution in [0.5, 0.6) is 11.5 Å². The molecule has 0 spiro atoms. The quantitative estimate of drug-likeness (QED) is 0.861. The topological polar surface area (TPSA) is 47.6 Å². The largest absolute Gasteiger partial charge is 0.486 e. The Morgan fingerprint density at radius 1 is 1.25 bits per heavy atom. The van der Waals surface area contributed by atoms with Gasteiger partial charge >= 0.3 is 0 Å². The zero-order valence-electron chi connectivity index (χ0n) is 11.2. The summed E-state index contributed by atoms with van der Waals surface area (Å²) in [5, 5.41) is 4.08. The molecule has 1 heterocycles. The fourth-order valence-electron chi connectivity index (χ4n) is 2.85. The molecule has 20 heavy (non-hydrogen) atoms. The molecule has 1 aliphatic heterocycles. The van der Waals surface area contributed by atoms with E-state index in [1.165, 1.54) is 12.8 Å². The predicted molar refractivity (Wildman–Crippen MR) is 79.8 cm³/mol. The van der Waals surface area contributed by atoms with Crippen molar-refractivity contribution in [2.75, 3.05) is 18.5 Å². The zero-order valence-corrected chi connectivity index (χ0v) is 12.8. The molecule has 0 radical (unpaired) electrons. The number of carbonyl (C=O) groups excluding carboxylic acids is 1. The standard InChI is InChI=1S/C15H18BrNO3/c16-9-11-2-1-3-12(11)17-15(18)10-4-5-13-14(8-10)20-7-6-19-13/h4-5,8,11-12H,1-3,6-7,9H2,(H,17,18). The predicted octanol–water partition coefficient (Wildman–Crippen LogP) is 2.75. The van der Waals surface area contributed by atoms with E-state index in [1.807, 2.05) is 0 Å². The zero-order chi connectivity index (χ0) is 13.9. The number of alkyl halides is 1. The number of hydrogen-bond donors (Lipinski definition) is 1. The summed E-state index contributed by atoms with van der Waals surface area (Å²) in [4.78, 5) is 12.3. The van der Waals surface area contributed by atoms with Gasteiger partial charge in [-0.3, -0.25) is 4.79 Å². The Morgan fingerprint density at radius 2 is 2.05 bits per heavy atom. The molecule has 2 unspecified atom stereocenters. The Bertz CT molecular complexity index is 506. The van der Waals surface area contributed by atoms with E-state index in [9.17, 15) is 4.79 Å². The molecule has 1 amide bonds. The second kappa shape index (κ2) is 6.04. The number of hydrogen-bond acceptors (Lipinski definition) is 3. The second-order valence-electron chi connectivity index (χ2n) is 5.28. The Morgan fingerprint density at radius 3 is 2.85 bits per heavy atom. The minimum Gasteiger partial charge on any atom is -0.486 e. The lowest BCUT2D eigenvalue weighted by atomic mass is 10.1. The highest BCUT2D eigenvalue weighted by atomic mass is 79.9. The van der Waals surface area contributed by atoms with Gasteiger partial charge in [0.2, 0.25) is 0 Å². The van der Waals surface area contributed by atoms with E-state index in [-0.39, 0.29) is 11.9 Å². The normalized spacial score (nSPS) is 24.4. The smallest absolute Gasteiger partial charge is 0.251 e. The molecule has 1 aromatic carbocycles. The summed E-state index contributed by atoms with van der Waals surface area (Å²) >= 11 is 3.52. The van der Waals surface area contributed by atoms with Crippen molar-refractivity contribution in [3.05, 3.63) is 23.8 Å². The summed E-state index contributed by atoms with van der Waals surface area (Å²) < 4.78 is 11.0. The number of ether oxygens (including phenoxy) is 2. The minimum atomic E-state index is -0.0279. The van der Waals surface area contributed by atoms with E-state index >= 15 is 0 Å². The molecule has 1 saturated carbocycles. The van der Waals surface area contributed by atoms with Crippen molar-refractivity contribution in [3.63, 3.8) is 0 Å². The van der Waals surface area contributed by atoms with Crippen LogP contribution in [0.3, 0.4) is 0 Å². The van der Waals surface area contributed by atoms with Gasteiger partial charge in [0.25, 0.3) is 5.91 Å². The molecule has 5 heteroatoms. The first-order valence-corrected chi connectivity index (χ1v) is 8.16. The Balaban J connectivity index is 1.71. The summed E-state index contributed by atoms with van der Waals surface area (Å²) in [6.07, 6.45) is 3.42. The Labute approximate surface area is 127 Å². The van der Waals surface area contributed by atoms with Crippen LogP contribution in [0.1, 0.15) is 29.6 Å². The lowest BCUT2D eigenvalue weighted by molar-refractivity contribution is 0.0929. The van der Waals surface area contributed by atoms with Crippen molar-refractivity contribution in [1.29, 1.82) is 0 Å². The molecule has 1 aromatic rings. The molecule has 1 aliphatic carbocycles. The first-order valence-electron chi connectivity index (χ1n) is 7.04. The van der Waals surface area contributed by atoms with E-state index in [0.29, 0.717) is 36.2 Å².